The number of anilines is 2. The molecule has 0 saturated heterocycles. The fourth-order valence-corrected chi connectivity index (χ4v) is 2.40. The number of hydrogen-bond acceptors (Lipinski definition) is 5. The van der Waals surface area contributed by atoms with Gasteiger partial charge in [0.15, 0.2) is 0 Å². The zero-order valence-corrected chi connectivity index (χ0v) is 15.0. The van der Waals surface area contributed by atoms with Crippen LogP contribution in [0.4, 0.5) is 11.6 Å². The molecule has 7 heteroatoms. The van der Waals surface area contributed by atoms with Gasteiger partial charge in [-0.05, 0) is 38.5 Å². The molecule has 0 aliphatic carbocycles. The lowest BCUT2D eigenvalue weighted by atomic mass is 10.2. The molecule has 1 aromatic heterocycles. The zero-order valence-electron chi connectivity index (χ0n) is 14.3. The molecular weight excluding hydrogens is 328 g/mol. The van der Waals surface area contributed by atoms with Gasteiger partial charge in [0, 0.05) is 30.4 Å². The number of aromatic nitrogens is 2. The highest BCUT2D eigenvalue weighted by atomic mass is 35.5. The molecule has 1 N–H and O–H groups in total. The van der Waals surface area contributed by atoms with Crippen molar-refractivity contribution in [2.45, 2.75) is 20.8 Å². The maximum absolute atomic E-state index is 12.5. The van der Waals surface area contributed by atoms with E-state index in [-0.39, 0.29) is 5.91 Å². The van der Waals surface area contributed by atoms with Crippen molar-refractivity contribution in [1.29, 1.82) is 0 Å². The van der Waals surface area contributed by atoms with E-state index in [2.05, 4.69) is 15.3 Å². The number of carbonyl (C=O) groups is 1. The average molecular weight is 349 g/mol. The van der Waals surface area contributed by atoms with E-state index in [1.807, 2.05) is 25.7 Å². The smallest absolute Gasteiger partial charge is 0.274 e. The second-order valence-electron chi connectivity index (χ2n) is 5.17. The van der Waals surface area contributed by atoms with Crippen LogP contribution in [0.25, 0.3) is 0 Å². The number of amides is 1. The van der Waals surface area contributed by atoms with Crippen molar-refractivity contribution in [3.05, 3.63) is 40.7 Å². The van der Waals surface area contributed by atoms with Crippen molar-refractivity contribution in [2.24, 2.45) is 0 Å². The summed E-state index contributed by atoms with van der Waals surface area (Å²) in [5, 5.41) is 3.40. The maximum Gasteiger partial charge on any atom is 0.274 e. The molecule has 2 rings (SSSR count). The van der Waals surface area contributed by atoms with Crippen LogP contribution in [-0.4, -0.2) is 36.1 Å². The van der Waals surface area contributed by atoms with Gasteiger partial charge in [-0.2, -0.15) is 0 Å². The number of nitrogens with zero attached hydrogens (tertiary/aromatic N) is 3. The summed E-state index contributed by atoms with van der Waals surface area (Å²) in [5.74, 6) is 0.703. The Bertz CT molecular complexity index is 733. The molecule has 1 heterocycles. The standard InChI is InChI=1S/C17H21ClN4O2/c1-5-22(6-2)17-19-8-7-13(21-17)16(23)20-14-9-11(3)12(18)10-15(14)24-4/h7-10H,5-6H2,1-4H3,(H,20,23). The molecule has 0 spiro atoms. The molecule has 6 nitrogen and oxygen atoms in total. The van der Waals surface area contributed by atoms with Gasteiger partial charge in [0.2, 0.25) is 5.95 Å². The Balaban J connectivity index is 2.27. The molecule has 24 heavy (non-hydrogen) atoms. The summed E-state index contributed by atoms with van der Waals surface area (Å²) >= 11 is 6.09. The lowest BCUT2D eigenvalue weighted by molar-refractivity contribution is 0.102. The van der Waals surface area contributed by atoms with Gasteiger partial charge >= 0.3 is 0 Å². The van der Waals surface area contributed by atoms with Gasteiger partial charge in [-0.3, -0.25) is 4.79 Å². The normalized spacial score (nSPS) is 10.4. The van der Waals surface area contributed by atoms with Gasteiger partial charge in [0.25, 0.3) is 5.91 Å². The van der Waals surface area contributed by atoms with Crippen LogP contribution in [0.3, 0.4) is 0 Å². The third-order valence-corrected chi connectivity index (χ3v) is 4.06. The number of halogens is 1. The van der Waals surface area contributed by atoms with Crippen LogP contribution in [-0.2, 0) is 0 Å². The van der Waals surface area contributed by atoms with Gasteiger partial charge in [0.05, 0.1) is 12.8 Å². The molecule has 0 fully saturated rings. The summed E-state index contributed by atoms with van der Waals surface area (Å²) in [6.45, 7) is 7.43. The van der Waals surface area contributed by atoms with Gasteiger partial charge in [-0.1, -0.05) is 11.6 Å². The number of hydrogen-bond donors (Lipinski definition) is 1. The van der Waals surface area contributed by atoms with Crippen LogP contribution in [0.2, 0.25) is 5.02 Å². The van der Waals surface area contributed by atoms with Gasteiger partial charge in [-0.25, -0.2) is 9.97 Å². The fourth-order valence-electron chi connectivity index (χ4n) is 2.25. The Morgan fingerprint density at radius 1 is 1.33 bits per heavy atom. The summed E-state index contributed by atoms with van der Waals surface area (Å²) in [6, 6.07) is 5.02. The first-order valence-electron chi connectivity index (χ1n) is 7.73. The van der Waals surface area contributed by atoms with Gasteiger partial charge < -0.3 is 15.0 Å². The van der Waals surface area contributed by atoms with E-state index in [4.69, 9.17) is 16.3 Å². The second-order valence-corrected chi connectivity index (χ2v) is 5.58. The molecule has 0 unspecified atom stereocenters. The molecule has 1 amide bonds. The van der Waals surface area contributed by atoms with Crippen LogP contribution in [0, 0.1) is 6.92 Å². The van der Waals surface area contributed by atoms with Crippen LogP contribution in [0.1, 0.15) is 29.9 Å². The quantitative estimate of drug-likeness (QED) is 0.864. The fraction of sp³-hybridized carbons (Fsp3) is 0.353. The summed E-state index contributed by atoms with van der Waals surface area (Å²) in [6.07, 6.45) is 1.58. The number of benzene rings is 1. The van der Waals surface area contributed by atoms with Crippen LogP contribution >= 0.6 is 11.6 Å². The van der Waals surface area contributed by atoms with E-state index < -0.39 is 0 Å². The number of aryl methyl sites for hydroxylation is 1. The van der Waals surface area contributed by atoms with Crippen molar-refractivity contribution < 1.29 is 9.53 Å². The third kappa shape index (κ3) is 3.94. The Labute approximate surface area is 146 Å². The van der Waals surface area contributed by atoms with E-state index in [9.17, 15) is 4.79 Å². The summed E-state index contributed by atoms with van der Waals surface area (Å²) < 4.78 is 5.27. The predicted molar refractivity (Wildman–Crippen MR) is 96.3 cm³/mol. The summed E-state index contributed by atoms with van der Waals surface area (Å²) in [7, 11) is 1.53. The van der Waals surface area contributed by atoms with Gasteiger partial charge in [-0.15, -0.1) is 0 Å². The van der Waals surface area contributed by atoms with E-state index in [1.165, 1.54) is 7.11 Å². The molecular formula is C17H21ClN4O2. The number of ether oxygens (including phenoxy) is 1. The molecule has 0 bridgehead atoms. The highest BCUT2D eigenvalue weighted by Gasteiger charge is 2.15. The topological polar surface area (TPSA) is 67.4 Å². The van der Waals surface area contributed by atoms with E-state index >= 15 is 0 Å². The first-order valence-corrected chi connectivity index (χ1v) is 8.11. The molecule has 0 aliphatic heterocycles. The third-order valence-electron chi connectivity index (χ3n) is 3.65. The number of rotatable bonds is 6. The Morgan fingerprint density at radius 2 is 2.04 bits per heavy atom. The largest absolute Gasteiger partial charge is 0.495 e. The Kier molecular flexibility index (Phi) is 5.98. The Morgan fingerprint density at radius 3 is 2.67 bits per heavy atom. The molecule has 0 saturated carbocycles. The van der Waals surface area contributed by atoms with Crippen molar-refractivity contribution in [3.8, 4) is 5.75 Å². The van der Waals surface area contributed by atoms with Gasteiger partial charge in [0.1, 0.15) is 11.4 Å². The van der Waals surface area contributed by atoms with E-state index in [0.29, 0.717) is 28.1 Å². The molecule has 128 valence electrons. The molecule has 0 atom stereocenters. The molecule has 0 aliphatic rings. The maximum atomic E-state index is 12.5. The SMILES string of the molecule is CCN(CC)c1nccc(C(=O)Nc2cc(C)c(Cl)cc2OC)n1. The second kappa shape index (κ2) is 7.97. The highest BCUT2D eigenvalue weighted by Crippen LogP contribution is 2.31. The lowest BCUT2D eigenvalue weighted by Crippen LogP contribution is -2.25. The summed E-state index contributed by atoms with van der Waals surface area (Å²) in [4.78, 5) is 23.1. The molecule has 0 radical (unpaired) electrons. The van der Waals surface area contributed by atoms with Crippen LogP contribution < -0.4 is 15.0 Å². The predicted octanol–water partition coefficient (Wildman–Crippen LogP) is 3.55. The summed E-state index contributed by atoms with van der Waals surface area (Å²) in [5.41, 5.74) is 1.69. The first-order chi connectivity index (χ1) is 11.5. The van der Waals surface area contributed by atoms with Crippen LogP contribution in [0.15, 0.2) is 24.4 Å². The zero-order chi connectivity index (χ0) is 17.7. The average Bonchev–Trinajstić information content (AvgIpc) is 2.59. The molecule has 1 aromatic carbocycles. The molecule has 2 aromatic rings. The first kappa shape index (κ1) is 18.0. The van der Waals surface area contributed by atoms with Crippen molar-refractivity contribution in [3.63, 3.8) is 0 Å². The monoisotopic (exact) mass is 348 g/mol. The lowest BCUT2D eigenvalue weighted by Gasteiger charge is -2.18. The number of methoxy groups -OCH3 is 1. The highest BCUT2D eigenvalue weighted by molar-refractivity contribution is 6.31. The minimum Gasteiger partial charge on any atom is -0.495 e. The van der Waals surface area contributed by atoms with E-state index in [1.54, 1.807) is 24.4 Å². The van der Waals surface area contributed by atoms with Crippen LogP contribution in [0.5, 0.6) is 5.75 Å². The van der Waals surface area contributed by atoms with E-state index in [0.717, 1.165) is 18.7 Å². The Hall–Kier alpha value is -2.34. The minimum absolute atomic E-state index is 0.293. The number of carbonyl (C=O) groups excluding carboxylic acids is 1. The van der Waals surface area contributed by atoms with Crippen molar-refractivity contribution in [2.75, 3.05) is 30.4 Å². The van der Waals surface area contributed by atoms with Crippen molar-refractivity contribution in [1.82, 2.24) is 9.97 Å². The van der Waals surface area contributed by atoms with Crippen molar-refractivity contribution >= 4 is 29.1 Å². The minimum atomic E-state index is -0.328. The number of nitrogens with one attached hydrogen (secondary N) is 1.